The van der Waals surface area contributed by atoms with Crippen molar-refractivity contribution in [3.8, 4) is 5.75 Å². The van der Waals surface area contributed by atoms with E-state index in [4.69, 9.17) is 10.5 Å². The maximum absolute atomic E-state index is 6.17. The van der Waals surface area contributed by atoms with Gasteiger partial charge in [0.2, 0.25) is 0 Å². The van der Waals surface area contributed by atoms with E-state index in [0.717, 1.165) is 18.6 Å². The summed E-state index contributed by atoms with van der Waals surface area (Å²) >= 11 is 0. The minimum Gasteiger partial charge on any atom is -0.497 e. The molecule has 0 saturated heterocycles. The van der Waals surface area contributed by atoms with Crippen molar-refractivity contribution in [3.63, 3.8) is 0 Å². The smallest absolute Gasteiger partial charge is 0.119 e. The largest absolute Gasteiger partial charge is 0.497 e. The quantitative estimate of drug-likeness (QED) is 0.791. The van der Waals surface area contributed by atoms with Crippen LogP contribution in [0.25, 0.3) is 10.9 Å². The second-order valence-electron chi connectivity index (χ2n) is 4.88. The molecule has 0 radical (unpaired) electrons. The predicted molar refractivity (Wildman–Crippen MR) is 69.5 cm³/mol. The van der Waals surface area contributed by atoms with Crippen LogP contribution in [0.4, 0.5) is 0 Å². The third-order valence-electron chi connectivity index (χ3n) is 3.77. The van der Waals surface area contributed by atoms with E-state index in [9.17, 15) is 0 Å². The number of nitrogens with one attached hydrogen (secondary N) is 1. The van der Waals surface area contributed by atoms with E-state index in [1.807, 2.05) is 0 Å². The molecular weight excluding hydrogens is 212 g/mol. The summed E-state index contributed by atoms with van der Waals surface area (Å²) < 4.78 is 5.35. The van der Waals surface area contributed by atoms with Gasteiger partial charge in [-0.15, -0.1) is 0 Å². The van der Waals surface area contributed by atoms with Gasteiger partial charge in [0.15, 0.2) is 0 Å². The number of methoxy groups -OCH3 is 1. The zero-order valence-electron chi connectivity index (χ0n) is 10.3. The lowest BCUT2D eigenvalue weighted by atomic mass is 9.92. The Morgan fingerprint density at radius 3 is 3.00 bits per heavy atom. The molecule has 3 heteroatoms. The SMILES string of the molecule is COc1cc(C)c2[nH]c3c(c2c1)CCCC3N. The summed E-state index contributed by atoms with van der Waals surface area (Å²) in [4.78, 5) is 3.50. The third-order valence-corrected chi connectivity index (χ3v) is 3.77. The zero-order valence-corrected chi connectivity index (χ0v) is 10.3. The lowest BCUT2D eigenvalue weighted by Crippen LogP contribution is -2.16. The van der Waals surface area contributed by atoms with Gasteiger partial charge >= 0.3 is 0 Å². The lowest BCUT2D eigenvalue weighted by Gasteiger charge is -2.18. The highest BCUT2D eigenvalue weighted by atomic mass is 16.5. The van der Waals surface area contributed by atoms with E-state index >= 15 is 0 Å². The average Bonchev–Trinajstić information content (AvgIpc) is 2.70. The molecule has 2 aromatic rings. The Kier molecular flexibility index (Phi) is 2.37. The Hall–Kier alpha value is -1.48. The number of benzene rings is 1. The van der Waals surface area contributed by atoms with Crippen LogP contribution in [0.15, 0.2) is 12.1 Å². The predicted octanol–water partition coefficient (Wildman–Crippen LogP) is 2.82. The minimum atomic E-state index is 0.163. The average molecular weight is 230 g/mol. The number of aromatic nitrogens is 1. The fourth-order valence-electron chi connectivity index (χ4n) is 2.86. The van der Waals surface area contributed by atoms with Crippen molar-refractivity contribution >= 4 is 10.9 Å². The summed E-state index contributed by atoms with van der Waals surface area (Å²) in [5.41, 5.74) is 11.2. The van der Waals surface area contributed by atoms with Crippen LogP contribution in [0.2, 0.25) is 0 Å². The second-order valence-corrected chi connectivity index (χ2v) is 4.88. The third kappa shape index (κ3) is 1.53. The molecule has 1 aromatic carbocycles. The van der Waals surface area contributed by atoms with Crippen LogP contribution < -0.4 is 10.5 Å². The number of nitrogens with two attached hydrogens (primary N) is 1. The number of rotatable bonds is 1. The van der Waals surface area contributed by atoms with E-state index in [2.05, 4.69) is 24.0 Å². The van der Waals surface area contributed by atoms with Crippen LogP contribution in [-0.2, 0) is 6.42 Å². The molecule has 0 fully saturated rings. The molecule has 1 aliphatic rings. The first kappa shape index (κ1) is 10.7. The topological polar surface area (TPSA) is 51.0 Å². The van der Waals surface area contributed by atoms with Crippen LogP contribution in [0.3, 0.4) is 0 Å². The van der Waals surface area contributed by atoms with Gasteiger partial charge in [-0.25, -0.2) is 0 Å². The van der Waals surface area contributed by atoms with Crippen molar-refractivity contribution in [1.82, 2.24) is 4.98 Å². The van der Waals surface area contributed by atoms with Gasteiger partial charge in [-0.05, 0) is 49.4 Å². The molecule has 0 spiro atoms. The molecule has 0 saturated carbocycles. The number of aromatic amines is 1. The van der Waals surface area contributed by atoms with Gasteiger partial charge in [0.25, 0.3) is 0 Å². The van der Waals surface area contributed by atoms with Gasteiger partial charge in [0, 0.05) is 22.6 Å². The summed E-state index contributed by atoms with van der Waals surface area (Å²) in [7, 11) is 1.71. The number of H-pyrrole nitrogens is 1. The summed E-state index contributed by atoms with van der Waals surface area (Å²) in [5.74, 6) is 0.927. The molecule has 0 aliphatic heterocycles. The molecular formula is C14H18N2O. The Morgan fingerprint density at radius 2 is 2.24 bits per heavy atom. The van der Waals surface area contributed by atoms with Crippen molar-refractivity contribution in [2.24, 2.45) is 5.73 Å². The Morgan fingerprint density at radius 1 is 1.41 bits per heavy atom. The fourth-order valence-corrected chi connectivity index (χ4v) is 2.86. The van der Waals surface area contributed by atoms with Crippen LogP contribution in [0.5, 0.6) is 5.75 Å². The molecule has 3 rings (SSSR count). The van der Waals surface area contributed by atoms with Crippen LogP contribution in [0, 0.1) is 6.92 Å². The Balaban J connectivity index is 2.31. The highest BCUT2D eigenvalue weighted by Gasteiger charge is 2.22. The first-order valence-electron chi connectivity index (χ1n) is 6.15. The van der Waals surface area contributed by atoms with Crippen LogP contribution >= 0.6 is 0 Å². The molecule has 1 aromatic heterocycles. The number of ether oxygens (including phenoxy) is 1. The molecule has 0 bridgehead atoms. The van der Waals surface area contributed by atoms with Crippen LogP contribution in [0.1, 0.15) is 35.7 Å². The van der Waals surface area contributed by atoms with E-state index in [1.54, 1.807) is 7.11 Å². The van der Waals surface area contributed by atoms with Gasteiger partial charge in [0.1, 0.15) is 5.75 Å². The molecule has 1 atom stereocenters. The summed E-state index contributed by atoms with van der Waals surface area (Å²) in [6, 6.07) is 4.35. The monoisotopic (exact) mass is 230 g/mol. The van der Waals surface area contributed by atoms with Gasteiger partial charge in [-0.1, -0.05) is 0 Å². The van der Waals surface area contributed by atoms with E-state index in [1.165, 1.54) is 34.1 Å². The number of aryl methyl sites for hydroxylation is 2. The van der Waals surface area contributed by atoms with Crippen molar-refractivity contribution in [2.45, 2.75) is 32.2 Å². The van der Waals surface area contributed by atoms with Gasteiger partial charge < -0.3 is 15.5 Å². The van der Waals surface area contributed by atoms with Crippen molar-refractivity contribution < 1.29 is 4.74 Å². The number of hydrogen-bond acceptors (Lipinski definition) is 2. The summed E-state index contributed by atoms with van der Waals surface area (Å²) in [6.45, 7) is 2.11. The van der Waals surface area contributed by atoms with Gasteiger partial charge in [-0.2, -0.15) is 0 Å². The molecule has 1 aliphatic carbocycles. The standard InChI is InChI=1S/C14H18N2O/c1-8-6-9(17-2)7-11-10-4-3-5-12(15)14(10)16-13(8)11/h6-7,12,16H,3-5,15H2,1-2H3. The highest BCUT2D eigenvalue weighted by molar-refractivity contribution is 5.89. The fraction of sp³-hybridized carbons (Fsp3) is 0.429. The molecule has 90 valence electrons. The first-order valence-corrected chi connectivity index (χ1v) is 6.15. The van der Waals surface area contributed by atoms with E-state index in [-0.39, 0.29) is 6.04 Å². The molecule has 0 amide bonds. The molecule has 3 nitrogen and oxygen atoms in total. The summed E-state index contributed by atoms with van der Waals surface area (Å²) in [6.07, 6.45) is 3.38. The van der Waals surface area contributed by atoms with Gasteiger partial charge in [-0.3, -0.25) is 0 Å². The number of hydrogen-bond donors (Lipinski definition) is 2. The van der Waals surface area contributed by atoms with Crippen LogP contribution in [-0.4, -0.2) is 12.1 Å². The summed E-state index contributed by atoms with van der Waals surface area (Å²) in [5, 5.41) is 1.28. The van der Waals surface area contributed by atoms with E-state index < -0.39 is 0 Å². The minimum absolute atomic E-state index is 0.163. The van der Waals surface area contributed by atoms with Gasteiger partial charge in [0.05, 0.1) is 7.11 Å². The molecule has 1 heterocycles. The normalized spacial score (nSPS) is 19.4. The maximum atomic E-state index is 6.17. The second kappa shape index (κ2) is 3.77. The highest BCUT2D eigenvalue weighted by Crippen LogP contribution is 2.36. The van der Waals surface area contributed by atoms with Crippen molar-refractivity contribution in [2.75, 3.05) is 7.11 Å². The molecule has 17 heavy (non-hydrogen) atoms. The van der Waals surface area contributed by atoms with E-state index in [0.29, 0.717) is 0 Å². The molecule has 1 unspecified atom stereocenters. The lowest BCUT2D eigenvalue weighted by molar-refractivity contribution is 0.415. The van der Waals surface area contributed by atoms with Crippen molar-refractivity contribution in [3.05, 3.63) is 29.0 Å². The van der Waals surface area contributed by atoms with Crippen molar-refractivity contribution in [1.29, 1.82) is 0 Å². The molecule has 3 N–H and O–H groups in total. The number of fused-ring (bicyclic) bond motifs is 3. The zero-order chi connectivity index (χ0) is 12.0. The maximum Gasteiger partial charge on any atom is 0.119 e. The Labute approximate surface area is 101 Å². The Bertz CT molecular complexity index is 571. The first-order chi connectivity index (χ1) is 8.20.